The number of hydrogen-bond acceptors (Lipinski definition) is 1. The average Bonchev–Trinajstić information content (AvgIpc) is 3.88. The third-order valence-electron chi connectivity index (χ3n) is 12.8. The molecule has 0 fully saturated rings. The second-order valence-electron chi connectivity index (χ2n) is 16.4. The molecule has 0 aliphatic heterocycles. The lowest BCUT2D eigenvalue weighted by atomic mass is 9.84. The lowest BCUT2D eigenvalue weighted by Crippen LogP contribution is -2.04. The fraction of sp³-hybridized carbons (Fsp3) is 0.0847. The molecule has 2 heteroatoms. The Hall–Kier alpha value is -7.00. The molecule has 292 valence electrons. The minimum absolute atomic E-state index is 0.338. The van der Waals surface area contributed by atoms with Gasteiger partial charge in [0.2, 0.25) is 0 Å². The third kappa shape index (κ3) is 6.56. The van der Waals surface area contributed by atoms with Crippen molar-refractivity contribution in [3.8, 4) is 50.2 Å². The van der Waals surface area contributed by atoms with Crippen molar-refractivity contribution in [3.05, 3.63) is 223 Å². The Morgan fingerprint density at radius 3 is 1.92 bits per heavy atom. The summed E-state index contributed by atoms with van der Waals surface area (Å²) < 4.78 is 5.14. The molecule has 0 radical (unpaired) electrons. The Labute approximate surface area is 361 Å². The van der Waals surface area contributed by atoms with Crippen LogP contribution in [-0.4, -0.2) is 4.57 Å². The maximum absolute atomic E-state index is 2.51. The number of fused-ring (bicyclic) bond motifs is 6. The van der Waals surface area contributed by atoms with Gasteiger partial charge in [0, 0.05) is 42.2 Å². The summed E-state index contributed by atoms with van der Waals surface area (Å²) in [6.07, 6.45) is 1.99. The number of aromatic nitrogens is 1. The van der Waals surface area contributed by atoms with Crippen LogP contribution in [0.5, 0.6) is 0 Å². The quantitative estimate of drug-likeness (QED) is 0.137. The van der Waals surface area contributed by atoms with Gasteiger partial charge in [-0.15, -0.1) is 11.3 Å². The molecule has 2 aromatic heterocycles. The Bertz CT molecular complexity index is 3370. The zero-order valence-corrected chi connectivity index (χ0v) is 35.3. The van der Waals surface area contributed by atoms with E-state index in [-0.39, 0.29) is 0 Å². The number of para-hydroxylation sites is 3. The minimum atomic E-state index is 0.338. The molecule has 0 bridgehead atoms. The van der Waals surface area contributed by atoms with Crippen LogP contribution in [0.1, 0.15) is 36.0 Å². The Kier molecular flexibility index (Phi) is 9.44. The van der Waals surface area contributed by atoms with E-state index in [4.69, 9.17) is 0 Å². The van der Waals surface area contributed by atoms with Gasteiger partial charge in [0.25, 0.3) is 0 Å². The second-order valence-corrected chi connectivity index (χ2v) is 17.4. The van der Waals surface area contributed by atoms with Crippen molar-refractivity contribution in [2.75, 3.05) is 0 Å². The molecule has 1 nitrogen and oxygen atoms in total. The number of benzene rings is 9. The summed E-state index contributed by atoms with van der Waals surface area (Å²) in [5.41, 5.74) is 17.9. The van der Waals surface area contributed by atoms with Crippen molar-refractivity contribution in [1.82, 2.24) is 4.57 Å². The van der Waals surface area contributed by atoms with Crippen molar-refractivity contribution in [2.45, 2.75) is 32.6 Å². The summed E-state index contributed by atoms with van der Waals surface area (Å²) in [5, 5.41) is 5.24. The first-order valence-corrected chi connectivity index (χ1v) is 22.3. The maximum Gasteiger partial charge on any atom is 0.0619 e. The SMILES string of the molecule is CCC(Cc1ccccc1-c1cc(-c2cccc3c4ccccc4n(-c4ccccc4)c23)ccc1C)c1cc(-c2ccc(-c3ccccc3)cc2)c2sc3ccccc3c2c1. The molecule has 11 aromatic rings. The number of hydrogen-bond donors (Lipinski definition) is 0. The van der Waals surface area contributed by atoms with Gasteiger partial charge in [0.05, 0.1) is 11.0 Å². The van der Waals surface area contributed by atoms with E-state index in [2.05, 4.69) is 225 Å². The molecule has 0 N–H and O–H groups in total. The minimum Gasteiger partial charge on any atom is -0.309 e. The van der Waals surface area contributed by atoms with Crippen molar-refractivity contribution >= 4 is 53.3 Å². The van der Waals surface area contributed by atoms with Crippen LogP contribution in [0.25, 0.3) is 92.2 Å². The van der Waals surface area contributed by atoms with Gasteiger partial charge in [-0.3, -0.25) is 0 Å². The fourth-order valence-electron chi connectivity index (χ4n) is 9.67. The zero-order chi connectivity index (χ0) is 40.9. The highest BCUT2D eigenvalue weighted by Gasteiger charge is 2.21. The van der Waals surface area contributed by atoms with E-state index in [9.17, 15) is 0 Å². The van der Waals surface area contributed by atoms with Crippen molar-refractivity contribution in [1.29, 1.82) is 0 Å². The smallest absolute Gasteiger partial charge is 0.0619 e. The van der Waals surface area contributed by atoms with Crippen LogP contribution in [0, 0.1) is 6.92 Å². The molecule has 0 aliphatic rings. The lowest BCUT2D eigenvalue weighted by molar-refractivity contribution is 0.662. The molecule has 61 heavy (non-hydrogen) atoms. The molecule has 0 saturated heterocycles. The van der Waals surface area contributed by atoms with Gasteiger partial charge in [-0.05, 0) is 124 Å². The predicted octanol–water partition coefficient (Wildman–Crippen LogP) is 16.9. The summed E-state index contributed by atoms with van der Waals surface area (Å²) >= 11 is 1.92. The molecule has 0 saturated carbocycles. The van der Waals surface area contributed by atoms with E-state index in [0.717, 1.165) is 12.8 Å². The molecule has 1 atom stereocenters. The zero-order valence-electron chi connectivity index (χ0n) is 34.5. The van der Waals surface area contributed by atoms with E-state index in [0.29, 0.717) is 5.92 Å². The predicted molar refractivity (Wildman–Crippen MR) is 263 cm³/mol. The van der Waals surface area contributed by atoms with Gasteiger partial charge >= 0.3 is 0 Å². The van der Waals surface area contributed by atoms with Gasteiger partial charge in [-0.1, -0.05) is 171 Å². The molecular formula is C59H45NS. The van der Waals surface area contributed by atoms with E-state index in [1.165, 1.54) is 109 Å². The van der Waals surface area contributed by atoms with Gasteiger partial charge in [0.1, 0.15) is 0 Å². The first-order chi connectivity index (χ1) is 30.1. The summed E-state index contributed by atoms with van der Waals surface area (Å²) in [7, 11) is 0. The highest BCUT2D eigenvalue weighted by Crippen LogP contribution is 2.45. The molecular weight excluding hydrogens is 755 g/mol. The van der Waals surface area contributed by atoms with Gasteiger partial charge in [-0.25, -0.2) is 0 Å². The molecule has 2 heterocycles. The molecule has 9 aromatic carbocycles. The Morgan fingerprint density at radius 2 is 1.10 bits per heavy atom. The highest BCUT2D eigenvalue weighted by molar-refractivity contribution is 7.26. The number of rotatable bonds is 9. The van der Waals surface area contributed by atoms with Crippen LogP contribution in [0.3, 0.4) is 0 Å². The summed E-state index contributed by atoms with van der Waals surface area (Å²) in [6.45, 7) is 4.62. The topological polar surface area (TPSA) is 4.93 Å². The third-order valence-corrected chi connectivity index (χ3v) is 14.0. The summed E-state index contributed by atoms with van der Waals surface area (Å²) in [6, 6.07) is 76.4. The van der Waals surface area contributed by atoms with E-state index in [1.54, 1.807) is 0 Å². The normalized spacial score (nSPS) is 12.2. The van der Waals surface area contributed by atoms with Crippen LogP contribution in [-0.2, 0) is 6.42 Å². The standard InChI is InChI=1S/C59H45NS/c1-3-40(46-37-54(59-55(38-46)51-24-13-15-28-57(51)61-59)43-33-31-42(32-34-43)41-17-6-4-7-18-41)35-44-19-10-11-22-48(44)53-36-45(30-29-39(53)2)49-25-16-26-52-50-23-12-14-27-56(50)60(58(49)52)47-20-8-5-9-21-47/h4-34,36-38,40H,3,35H2,1-2H3. The molecule has 0 amide bonds. The van der Waals surface area contributed by atoms with Crippen molar-refractivity contribution < 1.29 is 0 Å². The van der Waals surface area contributed by atoms with Crippen molar-refractivity contribution in [2.24, 2.45) is 0 Å². The van der Waals surface area contributed by atoms with Crippen LogP contribution >= 0.6 is 11.3 Å². The highest BCUT2D eigenvalue weighted by atomic mass is 32.1. The monoisotopic (exact) mass is 799 g/mol. The molecule has 0 spiro atoms. The first kappa shape index (κ1) is 37.0. The van der Waals surface area contributed by atoms with E-state index >= 15 is 0 Å². The van der Waals surface area contributed by atoms with Crippen LogP contribution < -0.4 is 0 Å². The van der Waals surface area contributed by atoms with Crippen molar-refractivity contribution in [3.63, 3.8) is 0 Å². The maximum atomic E-state index is 2.51. The Morgan fingerprint density at radius 1 is 0.459 bits per heavy atom. The van der Waals surface area contributed by atoms with Gasteiger partial charge in [-0.2, -0.15) is 0 Å². The number of thiophene rings is 1. The Balaban J connectivity index is 1.01. The van der Waals surface area contributed by atoms with Gasteiger partial charge in [0.15, 0.2) is 0 Å². The van der Waals surface area contributed by atoms with Gasteiger partial charge < -0.3 is 4.57 Å². The number of aryl methyl sites for hydroxylation is 1. The molecule has 1 unspecified atom stereocenters. The number of nitrogens with zero attached hydrogens (tertiary/aromatic N) is 1. The molecule has 11 rings (SSSR count). The largest absolute Gasteiger partial charge is 0.309 e. The lowest BCUT2D eigenvalue weighted by Gasteiger charge is -2.21. The molecule has 0 aliphatic carbocycles. The van der Waals surface area contributed by atoms with E-state index < -0.39 is 0 Å². The summed E-state index contributed by atoms with van der Waals surface area (Å²) in [5.74, 6) is 0.338. The average molecular weight is 800 g/mol. The van der Waals surface area contributed by atoms with Crippen LogP contribution in [0.2, 0.25) is 0 Å². The van der Waals surface area contributed by atoms with Crippen LogP contribution in [0.15, 0.2) is 206 Å². The summed E-state index contributed by atoms with van der Waals surface area (Å²) in [4.78, 5) is 0. The van der Waals surface area contributed by atoms with Crippen LogP contribution in [0.4, 0.5) is 0 Å². The fourth-order valence-corrected chi connectivity index (χ4v) is 10.9. The second kappa shape index (κ2) is 15.6. The first-order valence-electron chi connectivity index (χ1n) is 21.5. The van der Waals surface area contributed by atoms with E-state index in [1.807, 2.05) is 11.3 Å².